The summed E-state index contributed by atoms with van der Waals surface area (Å²) in [5.41, 5.74) is 4.15. The summed E-state index contributed by atoms with van der Waals surface area (Å²) in [5.74, 6) is -1.98. The van der Waals surface area contributed by atoms with Crippen LogP contribution in [0.15, 0.2) is 42.5 Å². The highest BCUT2D eigenvalue weighted by Crippen LogP contribution is 2.26. The normalized spacial score (nSPS) is 13.9. The quantitative estimate of drug-likeness (QED) is 0.317. The predicted molar refractivity (Wildman–Crippen MR) is 113 cm³/mol. The van der Waals surface area contributed by atoms with Gasteiger partial charge in [0, 0.05) is 6.07 Å². The molecule has 0 fully saturated rings. The van der Waals surface area contributed by atoms with Crippen molar-refractivity contribution >= 4 is 29.0 Å². The number of nitro groups is 1. The zero-order valence-electron chi connectivity index (χ0n) is 17.2. The van der Waals surface area contributed by atoms with Crippen LogP contribution >= 0.6 is 11.6 Å². The highest BCUT2D eigenvalue weighted by molar-refractivity contribution is 6.32. The van der Waals surface area contributed by atoms with Crippen LogP contribution in [0.4, 0.5) is 5.69 Å². The van der Waals surface area contributed by atoms with Crippen molar-refractivity contribution in [2.75, 3.05) is 0 Å². The van der Waals surface area contributed by atoms with E-state index in [1.165, 1.54) is 19.1 Å². The van der Waals surface area contributed by atoms with Gasteiger partial charge >= 0.3 is 5.97 Å². The second kappa shape index (κ2) is 9.76. The number of ether oxygens (including phenoxy) is 2. The van der Waals surface area contributed by atoms with Crippen molar-refractivity contribution in [3.63, 3.8) is 0 Å². The molecule has 2 aromatic carbocycles. The number of hydrogen-bond acceptors (Lipinski definition) is 7. The number of carbonyl (C=O) groups is 2. The summed E-state index contributed by atoms with van der Waals surface area (Å²) in [5, 5.41) is 20.4. The summed E-state index contributed by atoms with van der Waals surface area (Å²) < 4.78 is 11.2. The Labute approximate surface area is 183 Å². The summed E-state index contributed by atoms with van der Waals surface area (Å²) in [4.78, 5) is 34.5. The molecule has 0 saturated heterocycles. The minimum atomic E-state index is -2.05. The van der Waals surface area contributed by atoms with Crippen LogP contribution in [0, 0.1) is 16.0 Å². The summed E-state index contributed by atoms with van der Waals surface area (Å²) in [6.45, 7) is 4.63. The third kappa shape index (κ3) is 5.50. The van der Waals surface area contributed by atoms with E-state index in [2.05, 4.69) is 0 Å². The van der Waals surface area contributed by atoms with E-state index in [4.69, 9.17) is 26.8 Å². The Balaban J connectivity index is 2.02. The number of carbonyl (C=O) groups excluding carboxylic acids is 1. The van der Waals surface area contributed by atoms with E-state index in [-0.39, 0.29) is 17.3 Å². The highest BCUT2D eigenvalue weighted by Gasteiger charge is 2.47. The number of ketones is 1. The monoisotopic (exact) mass is 450 g/mol. The van der Waals surface area contributed by atoms with Crippen LogP contribution in [0.5, 0.6) is 11.5 Å². The molecule has 0 saturated carbocycles. The Hall–Kier alpha value is -3.17. The number of carboxylic acids is 1. The average Bonchev–Trinajstić information content (AvgIpc) is 2.72. The maximum absolute atomic E-state index is 12.6. The fourth-order valence-electron chi connectivity index (χ4n) is 2.80. The fourth-order valence-corrected chi connectivity index (χ4v) is 2.99. The van der Waals surface area contributed by atoms with Gasteiger partial charge in [-0.05, 0) is 48.7 Å². The van der Waals surface area contributed by atoms with Crippen molar-refractivity contribution in [1.82, 2.24) is 0 Å². The number of halogens is 1. The fraction of sp³-hybridized carbons (Fsp3) is 0.333. The Morgan fingerprint density at radius 1 is 1.16 bits per heavy atom. The third-order valence-electron chi connectivity index (χ3n) is 4.79. The van der Waals surface area contributed by atoms with Gasteiger partial charge in [-0.3, -0.25) is 14.9 Å². The van der Waals surface area contributed by atoms with Crippen LogP contribution in [0.25, 0.3) is 0 Å². The topological polar surface area (TPSA) is 142 Å². The van der Waals surface area contributed by atoms with Gasteiger partial charge in [-0.15, -0.1) is 0 Å². The molecule has 0 heterocycles. The highest BCUT2D eigenvalue weighted by atomic mass is 35.5. The number of Topliss-reactive ketones (excluding diaryl/α,β-unsaturated/α-hetero) is 1. The first-order valence-corrected chi connectivity index (χ1v) is 9.73. The average molecular weight is 451 g/mol. The van der Waals surface area contributed by atoms with Crippen molar-refractivity contribution in [1.29, 1.82) is 0 Å². The maximum atomic E-state index is 12.6. The molecule has 31 heavy (non-hydrogen) atoms. The summed E-state index contributed by atoms with van der Waals surface area (Å²) >= 11 is 5.79. The molecule has 1 unspecified atom stereocenters. The zero-order chi connectivity index (χ0) is 23.3. The smallest absolute Gasteiger partial charge is 0.331 e. The van der Waals surface area contributed by atoms with Crippen LogP contribution < -0.4 is 15.2 Å². The molecule has 0 amide bonds. The van der Waals surface area contributed by atoms with Gasteiger partial charge in [0.1, 0.15) is 23.1 Å². The lowest BCUT2D eigenvalue weighted by atomic mass is 9.81. The van der Waals surface area contributed by atoms with E-state index in [9.17, 15) is 24.8 Å². The Morgan fingerprint density at radius 2 is 1.74 bits per heavy atom. The van der Waals surface area contributed by atoms with Gasteiger partial charge in [-0.1, -0.05) is 31.5 Å². The largest absolute Gasteiger partial charge is 0.489 e. The molecular formula is C21H23ClN2O7. The molecule has 166 valence electrons. The number of nitrogens with two attached hydrogens (primary N) is 1. The molecule has 3 N–H and O–H groups in total. The first-order chi connectivity index (χ1) is 14.5. The van der Waals surface area contributed by atoms with Gasteiger partial charge in [0.05, 0.1) is 4.92 Å². The molecule has 2 atom stereocenters. The van der Waals surface area contributed by atoms with E-state index in [0.717, 1.165) is 0 Å². The van der Waals surface area contributed by atoms with E-state index in [0.29, 0.717) is 17.1 Å². The molecule has 2 rings (SSSR count). The number of hydrogen-bond donors (Lipinski definition) is 2. The zero-order valence-corrected chi connectivity index (χ0v) is 18.0. The second-order valence-corrected chi connectivity index (χ2v) is 7.66. The van der Waals surface area contributed by atoms with Crippen LogP contribution in [-0.4, -0.2) is 33.4 Å². The molecule has 0 aliphatic rings. The van der Waals surface area contributed by atoms with Gasteiger partial charge in [-0.2, -0.15) is 0 Å². The van der Waals surface area contributed by atoms with Crippen LogP contribution in [0.2, 0.25) is 5.02 Å². The Kier molecular flexibility index (Phi) is 7.59. The predicted octanol–water partition coefficient (Wildman–Crippen LogP) is 3.60. The van der Waals surface area contributed by atoms with Gasteiger partial charge in [0.15, 0.2) is 11.6 Å². The summed E-state index contributed by atoms with van der Waals surface area (Å²) in [6.07, 6.45) is -1.08. The molecule has 9 nitrogen and oxygen atoms in total. The van der Waals surface area contributed by atoms with Crippen LogP contribution in [0.3, 0.4) is 0 Å². The van der Waals surface area contributed by atoms with Crippen molar-refractivity contribution < 1.29 is 29.1 Å². The van der Waals surface area contributed by atoms with E-state index < -0.39 is 34.2 Å². The lowest BCUT2D eigenvalue weighted by molar-refractivity contribution is -0.384. The van der Waals surface area contributed by atoms with E-state index in [1.54, 1.807) is 44.2 Å². The summed E-state index contributed by atoms with van der Waals surface area (Å²) in [6, 6.07) is 10.7. The minimum absolute atomic E-state index is 0.0424. The van der Waals surface area contributed by atoms with Crippen LogP contribution in [0.1, 0.15) is 26.3 Å². The number of rotatable bonds is 10. The molecule has 0 aromatic heterocycles. The Morgan fingerprint density at radius 3 is 2.26 bits per heavy atom. The SMILES string of the molecule is CC(Oc1ccc(OCc2ccc(Cl)c([N+](=O)[O-])c2)cc1)C(=O)[C@](N)(C(=O)O)C(C)C. The second-order valence-electron chi connectivity index (χ2n) is 7.26. The number of carboxylic acid groups (broad SMARTS) is 1. The van der Waals surface area contributed by atoms with Crippen LogP contribution in [-0.2, 0) is 16.2 Å². The molecule has 0 radical (unpaired) electrons. The number of nitro benzene ring substituents is 1. The standard InChI is InChI=1S/C21H23ClN2O7/c1-12(2)21(23,20(26)27)19(25)13(3)31-16-7-5-15(6-8-16)30-11-14-4-9-17(22)18(10-14)24(28)29/h4-10,12-13H,11,23H2,1-3H3,(H,26,27)/t13?,21-/m0/s1. The number of nitrogens with zero attached hydrogens (tertiary/aromatic N) is 1. The third-order valence-corrected chi connectivity index (χ3v) is 5.11. The first-order valence-electron chi connectivity index (χ1n) is 9.35. The maximum Gasteiger partial charge on any atom is 0.331 e. The number of benzene rings is 2. The van der Waals surface area contributed by atoms with Gasteiger partial charge in [0.2, 0.25) is 5.78 Å². The molecule has 10 heteroatoms. The number of aliphatic carboxylic acids is 1. The van der Waals surface area contributed by atoms with Crippen molar-refractivity contribution in [3.8, 4) is 11.5 Å². The van der Waals surface area contributed by atoms with E-state index in [1.807, 2.05) is 0 Å². The van der Waals surface area contributed by atoms with Crippen molar-refractivity contribution in [3.05, 3.63) is 63.2 Å². The minimum Gasteiger partial charge on any atom is -0.489 e. The molecule has 2 aromatic rings. The molecular weight excluding hydrogens is 428 g/mol. The molecule has 0 aliphatic carbocycles. The first kappa shape index (κ1) is 24.1. The van der Waals surface area contributed by atoms with Crippen molar-refractivity contribution in [2.45, 2.75) is 39.0 Å². The van der Waals surface area contributed by atoms with Gasteiger partial charge in [0.25, 0.3) is 5.69 Å². The lowest BCUT2D eigenvalue weighted by Crippen LogP contribution is -2.62. The Bertz CT molecular complexity index is 978. The summed E-state index contributed by atoms with van der Waals surface area (Å²) in [7, 11) is 0. The van der Waals surface area contributed by atoms with E-state index >= 15 is 0 Å². The molecule has 0 aliphatic heterocycles. The van der Waals surface area contributed by atoms with Gasteiger partial charge < -0.3 is 20.3 Å². The van der Waals surface area contributed by atoms with Gasteiger partial charge in [-0.25, -0.2) is 4.79 Å². The molecule has 0 bridgehead atoms. The lowest BCUT2D eigenvalue weighted by Gasteiger charge is -2.29. The molecule has 0 spiro atoms. The van der Waals surface area contributed by atoms with Crippen molar-refractivity contribution in [2.24, 2.45) is 11.7 Å².